The average molecular weight is 479 g/mol. The van der Waals surface area contributed by atoms with Crippen LogP contribution in [0.15, 0.2) is 69.9 Å². The van der Waals surface area contributed by atoms with Gasteiger partial charge in [0.15, 0.2) is 5.13 Å². The summed E-state index contributed by atoms with van der Waals surface area (Å²) in [4.78, 5) is 17.3. The first-order chi connectivity index (χ1) is 14.7. The molecule has 1 aliphatic heterocycles. The normalized spacial score (nSPS) is 14.6. The van der Waals surface area contributed by atoms with Crippen molar-refractivity contribution in [1.29, 1.82) is 0 Å². The molecule has 3 aromatic rings. The predicted molar refractivity (Wildman–Crippen MR) is 118 cm³/mol. The first-order valence-electron chi connectivity index (χ1n) is 9.20. The Morgan fingerprint density at radius 2 is 1.48 bits per heavy atom. The maximum Gasteiger partial charge on any atom is 0.263 e. The Labute approximate surface area is 183 Å². The second kappa shape index (κ2) is 8.29. The fourth-order valence-electron chi connectivity index (χ4n) is 3.09. The number of hydrogen-bond donors (Lipinski definition) is 2. The summed E-state index contributed by atoms with van der Waals surface area (Å²) in [5.74, 6) is 0.0214. The molecule has 12 heteroatoms. The number of nitrogens with one attached hydrogen (secondary N) is 2. The van der Waals surface area contributed by atoms with E-state index < -0.39 is 20.0 Å². The van der Waals surface area contributed by atoms with Gasteiger partial charge in [0, 0.05) is 35.9 Å². The monoisotopic (exact) mass is 478 g/mol. The van der Waals surface area contributed by atoms with Crippen molar-refractivity contribution in [2.75, 3.05) is 20.9 Å². The van der Waals surface area contributed by atoms with Crippen molar-refractivity contribution < 1.29 is 21.6 Å². The quantitative estimate of drug-likeness (QED) is 0.538. The summed E-state index contributed by atoms with van der Waals surface area (Å²) in [7, 11) is -7.71. The van der Waals surface area contributed by atoms with Crippen LogP contribution < -0.4 is 14.3 Å². The van der Waals surface area contributed by atoms with Gasteiger partial charge in [0.05, 0.1) is 9.79 Å². The van der Waals surface area contributed by atoms with Crippen molar-refractivity contribution >= 4 is 53.8 Å². The SMILES string of the molecule is O=C1CCCN1c1ccc(S(=O)(=O)Nc2ccc(S(=O)(=O)Nc3nccs3)cc2)cc1. The van der Waals surface area contributed by atoms with Gasteiger partial charge in [-0.05, 0) is 55.0 Å². The van der Waals surface area contributed by atoms with Gasteiger partial charge in [0.25, 0.3) is 20.0 Å². The van der Waals surface area contributed by atoms with E-state index in [0.29, 0.717) is 18.7 Å². The standard InChI is InChI=1S/C19H18N4O5S3/c24-18-2-1-12-23(18)15-5-9-17(10-6-15)30(25,26)21-14-3-7-16(8-4-14)31(27,28)22-19-20-11-13-29-19/h3-11,13,21H,1-2,12H2,(H,20,22). The van der Waals surface area contributed by atoms with Crippen LogP contribution in [-0.4, -0.2) is 34.3 Å². The molecule has 2 N–H and O–H groups in total. The zero-order valence-electron chi connectivity index (χ0n) is 16.1. The summed E-state index contributed by atoms with van der Waals surface area (Å²) >= 11 is 1.15. The van der Waals surface area contributed by atoms with Crippen molar-refractivity contribution in [1.82, 2.24) is 4.98 Å². The number of carbonyl (C=O) groups excluding carboxylic acids is 1. The molecule has 0 atom stereocenters. The number of amides is 1. The molecule has 0 unspecified atom stereocenters. The summed E-state index contributed by atoms with van der Waals surface area (Å²) in [6.07, 6.45) is 2.76. The third-order valence-corrected chi connectivity index (χ3v) is 8.17. The van der Waals surface area contributed by atoms with Crippen LogP contribution in [0.5, 0.6) is 0 Å². The number of sulfonamides is 2. The van der Waals surface area contributed by atoms with Gasteiger partial charge in [-0.1, -0.05) is 0 Å². The van der Waals surface area contributed by atoms with E-state index in [0.717, 1.165) is 17.8 Å². The Morgan fingerprint density at radius 3 is 2.03 bits per heavy atom. The number of anilines is 3. The van der Waals surface area contributed by atoms with E-state index in [2.05, 4.69) is 14.4 Å². The van der Waals surface area contributed by atoms with Gasteiger partial charge >= 0.3 is 0 Å². The van der Waals surface area contributed by atoms with Crippen LogP contribution in [0.2, 0.25) is 0 Å². The molecule has 0 aliphatic carbocycles. The molecule has 2 aromatic carbocycles. The van der Waals surface area contributed by atoms with E-state index >= 15 is 0 Å². The molecule has 0 bridgehead atoms. The Kier molecular flexibility index (Phi) is 5.69. The number of nitrogens with zero attached hydrogens (tertiary/aromatic N) is 2. The van der Waals surface area contributed by atoms with Gasteiger partial charge < -0.3 is 4.90 Å². The van der Waals surface area contributed by atoms with E-state index in [4.69, 9.17) is 0 Å². The maximum absolute atomic E-state index is 12.7. The van der Waals surface area contributed by atoms with Crippen molar-refractivity contribution in [3.63, 3.8) is 0 Å². The van der Waals surface area contributed by atoms with Gasteiger partial charge in [-0.2, -0.15) is 0 Å². The number of aromatic nitrogens is 1. The first-order valence-corrected chi connectivity index (χ1v) is 13.0. The van der Waals surface area contributed by atoms with E-state index in [-0.39, 0.29) is 26.5 Å². The topological polar surface area (TPSA) is 126 Å². The van der Waals surface area contributed by atoms with E-state index in [9.17, 15) is 21.6 Å². The van der Waals surface area contributed by atoms with E-state index in [1.165, 1.54) is 42.6 Å². The molecule has 0 saturated carbocycles. The molecule has 4 rings (SSSR count). The van der Waals surface area contributed by atoms with E-state index in [1.54, 1.807) is 22.4 Å². The summed E-state index contributed by atoms with van der Waals surface area (Å²) in [6, 6.07) is 11.4. The zero-order chi connectivity index (χ0) is 22.1. The predicted octanol–water partition coefficient (Wildman–Crippen LogP) is 2.87. The molecular formula is C19H18N4O5S3. The summed E-state index contributed by atoms with van der Waals surface area (Å²) < 4.78 is 54.8. The molecule has 31 heavy (non-hydrogen) atoms. The fraction of sp³-hybridized carbons (Fsp3) is 0.158. The molecule has 1 fully saturated rings. The molecule has 0 radical (unpaired) electrons. The summed E-state index contributed by atoms with van der Waals surface area (Å²) in [5, 5.41) is 1.88. The lowest BCUT2D eigenvalue weighted by Crippen LogP contribution is -2.23. The van der Waals surface area contributed by atoms with Crippen molar-refractivity contribution in [3.05, 3.63) is 60.1 Å². The smallest absolute Gasteiger partial charge is 0.263 e. The number of hydrogen-bond acceptors (Lipinski definition) is 7. The highest BCUT2D eigenvalue weighted by Gasteiger charge is 2.23. The van der Waals surface area contributed by atoms with Crippen LogP contribution >= 0.6 is 11.3 Å². The molecule has 1 aliphatic rings. The minimum absolute atomic E-state index is 0.0214. The molecule has 1 saturated heterocycles. The lowest BCUT2D eigenvalue weighted by Gasteiger charge is -2.16. The lowest BCUT2D eigenvalue weighted by atomic mass is 10.3. The zero-order valence-corrected chi connectivity index (χ0v) is 18.5. The Bertz CT molecular complexity index is 1290. The minimum Gasteiger partial charge on any atom is -0.312 e. The van der Waals surface area contributed by atoms with Crippen LogP contribution in [0.3, 0.4) is 0 Å². The molecule has 2 heterocycles. The Hall–Kier alpha value is -2.96. The largest absolute Gasteiger partial charge is 0.312 e. The summed E-state index contributed by atoms with van der Waals surface area (Å²) in [6.45, 7) is 0.621. The molecule has 9 nitrogen and oxygen atoms in total. The highest BCUT2D eigenvalue weighted by Crippen LogP contribution is 2.25. The van der Waals surface area contributed by atoms with Crippen LogP contribution in [0.25, 0.3) is 0 Å². The summed E-state index contributed by atoms with van der Waals surface area (Å²) in [5.41, 5.74) is 0.871. The molecule has 1 amide bonds. The van der Waals surface area contributed by atoms with Gasteiger partial charge in [-0.3, -0.25) is 14.2 Å². The number of rotatable bonds is 7. The van der Waals surface area contributed by atoms with Crippen molar-refractivity contribution in [2.45, 2.75) is 22.6 Å². The second-order valence-electron chi connectivity index (χ2n) is 6.72. The van der Waals surface area contributed by atoms with Crippen LogP contribution in [-0.2, 0) is 24.8 Å². The molecular weight excluding hydrogens is 460 g/mol. The minimum atomic E-state index is -3.88. The third kappa shape index (κ3) is 4.70. The highest BCUT2D eigenvalue weighted by molar-refractivity contribution is 7.93. The maximum atomic E-state index is 12.7. The lowest BCUT2D eigenvalue weighted by molar-refractivity contribution is -0.117. The van der Waals surface area contributed by atoms with Crippen molar-refractivity contribution in [3.8, 4) is 0 Å². The van der Waals surface area contributed by atoms with Gasteiger partial charge in [-0.25, -0.2) is 21.8 Å². The Balaban J connectivity index is 1.47. The Morgan fingerprint density at radius 1 is 0.871 bits per heavy atom. The van der Waals surface area contributed by atoms with Crippen LogP contribution in [0, 0.1) is 0 Å². The van der Waals surface area contributed by atoms with E-state index in [1.807, 2.05) is 0 Å². The highest BCUT2D eigenvalue weighted by atomic mass is 32.2. The molecule has 1 aromatic heterocycles. The first kappa shape index (κ1) is 21.3. The molecule has 162 valence electrons. The van der Waals surface area contributed by atoms with Crippen LogP contribution in [0.1, 0.15) is 12.8 Å². The average Bonchev–Trinajstić information content (AvgIpc) is 3.39. The number of carbonyl (C=O) groups is 1. The number of benzene rings is 2. The van der Waals surface area contributed by atoms with Gasteiger partial charge in [0.1, 0.15) is 0 Å². The van der Waals surface area contributed by atoms with Gasteiger partial charge in [-0.15, -0.1) is 11.3 Å². The third-order valence-electron chi connectivity index (χ3n) is 4.60. The molecule has 0 spiro atoms. The van der Waals surface area contributed by atoms with Gasteiger partial charge in [0.2, 0.25) is 5.91 Å². The number of thiazole rings is 1. The fourth-order valence-corrected chi connectivity index (χ4v) is 5.94. The van der Waals surface area contributed by atoms with Crippen LogP contribution in [0.4, 0.5) is 16.5 Å². The van der Waals surface area contributed by atoms with Crippen molar-refractivity contribution in [2.24, 2.45) is 0 Å². The second-order valence-corrected chi connectivity index (χ2v) is 11.0.